The second-order valence-corrected chi connectivity index (χ2v) is 8.72. The molecule has 0 saturated carbocycles. The number of piperazine rings is 1. The van der Waals surface area contributed by atoms with E-state index in [1.165, 1.54) is 12.1 Å². The maximum Gasteiger partial charge on any atom is 0.228 e. The topological polar surface area (TPSA) is 78.9 Å². The monoisotopic (exact) mass is 475 g/mol. The van der Waals surface area contributed by atoms with Crippen LogP contribution in [0.25, 0.3) is 0 Å². The van der Waals surface area contributed by atoms with Gasteiger partial charge in [-0.2, -0.15) is 4.98 Å². The number of aryl methyl sites for hydroxylation is 1. The van der Waals surface area contributed by atoms with Crippen LogP contribution in [0.5, 0.6) is 11.6 Å². The van der Waals surface area contributed by atoms with Gasteiger partial charge in [0.15, 0.2) is 0 Å². The van der Waals surface area contributed by atoms with Crippen LogP contribution < -0.4 is 14.5 Å². The lowest BCUT2D eigenvalue weighted by Gasteiger charge is -2.36. The van der Waals surface area contributed by atoms with E-state index in [4.69, 9.17) is 4.74 Å². The van der Waals surface area contributed by atoms with E-state index in [0.717, 1.165) is 5.82 Å². The number of ether oxygens (including phenoxy) is 1. The highest BCUT2D eigenvalue weighted by Crippen LogP contribution is 2.28. The van der Waals surface area contributed by atoms with Crippen molar-refractivity contribution in [1.82, 2.24) is 14.9 Å². The molecule has 2 aromatic carbocycles. The van der Waals surface area contributed by atoms with Crippen molar-refractivity contribution in [2.75, 3.05) is 42.5 Å². The molecular weight excluding hydrogens is 449 g/mol. The summed E-state index contributed by atoms with van der Waals surface area (Å²) in [4.78, 5) is 40.1. The molecule has 0 aliphatic carbocycles. The number of anilines is 2. The van der Waals surface area contributed by atoms with Crippen LogP contribution in [0.15, 0.2) is 60.7 Å². The van der Waals surface area contributed by atoms with Crippen LogP contribution in [0.3, 0.4) is 0 Å². The Morgan fingerprint density at radius 2 is 1.71 bits per heavy atom. The predicted octanol–water partition coefficient (Wildman–Crippen LogP) is 3.42. The third kappa shape index (κ3) is 5.08. The smallest absolute Gasteiger partial charge is 0.228 e. The number of hydrogen-bond donors (Lipinski definition) is 0. The number of rotatable bonds is 5. The Kier molecular flexibility index (Phi) is 6.31. The van der Waals surface area contributed by atoms with E-state index in [1.807, 2.05) is 48.2 Å². The van der Waals surface area contributed by atoms with Gasteiger partial charge in [-0.05, 0) is 43.3 Å². The Morgan fingerprint density at radius 1 is 1.00 bits per heavy atom. The standard InChI is InChI=1S/C26H26FN5O3/c1-18-28-23(16-24(29-18)35-22-5-3-2-4-6-22)30-11-13-31(14-12-30)26(34)19-15-25(33)32(17-19)21-9-7-20(27)8-10-21/h2-10,16,19H,11-15,17H2,1H3. The number of aromatic nitrogens is 2. The van der Waals surface area contributed by atoms with Crippen LogP contribution in [0.1, 0.15) is 12.2 Å². The van der Waals surface area contributed by atoms with Crippen molar-refractivity contribution in [3.63, 3.8) is 0 Å². The summed E-state index contributed by atoms with van der Waals surface area (Å²) in [6.45, 7) is 4.46. The summed E-state index contributed by atoms with van der Waals surface area (Å²) >= 11 is 0. The molecule has 3 heterocycles. The molecule has 3 aromatic rings. The highest BCUT2D eigenvalue weighted by Gasteiger charge is 2.38. The summed E-state index contributed by atoms with van der Waals surface area (Å²) in [5, 5.41) is 0. The zero-order valence-corrected chi connectivity index (χ0v) is 19.4. The Labute approximate surface area is 203 Å². The van der Waals surface area contributed by atoms with Gasteiger partial charge in [-0.15, -0.1) is 0 Å². The number of carbonyl (C=O) groups excluding carboxylic acids is 2. The first-order valence-corrected chi connectivity index (χ1v) is 11.6. The molecule has 35 heavy (non-hydrogen) atoms. The lowest BCUT2D eigenvalue weighted by atomic mass is 10.1. The zero-order chi connectivity index (χ0) is 24.4. The summed E-state index contributed by atoms with van der Waals surface area (Å²) in [5.74, 6) is 1.65. The normalized spacial score (nSPS) is 18.2. The average Bonchev–Trinajstić information content (AvgIpc) is 3.26. The fourth-order valence-electron chi connectivity index (χ4n) is 4.51. The van der Waals surface area contributed by atoms with Gasteiger partial charge in [0.05, 0.1) is 5.92 Å². The quantitative estimate of drug-likeness (QED) is 0.563. The first-order valence-electron chi connectivity index (χ1n) is 11.6. The molecule has 8 nitrogen and oxygen atoms in total. The molecule has 2 saturated heterocycles. The molecule has 2 aliphatic rings. The van der Waals surface area contributed by atoms with E-state index in [-0.39, 0.29) is 24.1 Å². The van der Waals surface area contributed by atoms with Crippen molar-refractivity contribution in [3.05, 3.63) is 72.3 Å². The molecule has 0 spiro atoms. The molecule has 180 valence electrons. The highest BCUT2D eigenvalue weighted by molar-refractivity contribution is 6.00. The minimum Gasteiger partial charge on any atom is -0.439 e. The maximum atomic E-state index is 13.2. The van der Waals surface area contributed by atoms with Crippen molar-refractivity contribution >= 4 is 23.3 Å². The zero-order valence-electron chi connectivity index (χ0n) is 19.4. The number of benzene rings is 2. The van der Waals surface area contributed by atoms with E-state index in [9.17, 15) is 14.0 Å². The van der Waals surface area contributed by atoms with Crippen LogP contribution in [-0.2, 0) is 9.59 Å². The van der Waals surface area contributed by atoms with Gasteiger partial charge in [0.2, 0.25) is 17.7 Å². The molecule has 1 atom stereocenters. The first-order chi connectivity index (χ1) is 17.0. The summed E-state index contributed by atoms with van der Waals surface area (Å²) in [5.41, 5.74) is 0.615. The van der Waals surface area contributed by atoms with Crippen LogP contribution >= 0.6 is 0 Å². The molecular formula is C26H26FN5O3. The third-order valence-electron chi connectivity index (χ3n) is 6.29. The van der Waals surface area contributed by atoms with Gasteiger partial charge < -0.3 is 19.4 Å². The Bertz CT molecular complexity index is 1210. The fourth-order valence-corrected chi connectivity index (χ4v) is 4.51. The van der Waals surface area contributed by atoms with Gasteiger partial charge in [0.25, 0.3) is 0 Å². The molecule has 2 fully saturated rings. The van der Waals surface area contributed by atoms with Crippen molar-refractivity contribution < 1.29 is 18.7 Å². The molecule has 0 radical (unpaired) electrons. The molecule has 0 N–H and O–H groups in total. The van der Waals surface area contributed by atoms with Crippen molar-refractivity contribution in [1.29, 1.82) is 0 Å². The average molecular weight is 476 g/mol. The molecule has 2 amide bonds. The van der Waals surface area contributed by atoms with Gasteiger partial charge in [-0.25, -0.2) is 9.37 Å². The summed E-state index contributed by atoms with van der Waals surface area (Å²) in [6.07, 6.45) is 0.168. The molecule has 2 aliphatic heterocycles. The Hall–Kier alpha value is -4.01. The predicted molar refractivity (Wildman–Crippen MR) is 129 cm³/mol. The van der Waals surface area contributed by atoms with Crippen molar-refractivity contribution in [3.8, 4) is 11.6 Å². The number of nitrogens with zero attached hydrogens (tertiary/aromatic N) is 5. The van der Waals surface area contributed by atoms with Gasteiger partial charge >= 0.3 is 0 Å². The van der Waals surface area contributed by atoms with E-state index >= 15 is 0 Å². The number of hydrogen-bond acceptors (Lipinski definition) is 6. The van der Waals surface area contributed by atoms with E-state index in [1.54, 1.807) is 17.0 Å². The summed E-state index contributed by atoms with van der Waals surface area (Å²) in [7, 11) is 0. The van der Waals surface area contributed by atoms with Crippen LogP contribution in [-0.4, -0.2) is 59.4 Å². The molecule has 1 aromatic heterocycles. The maximum absolute atomic E-state index is 13.2. The molecule has 0 bridgehead atoms. The van der Waals surface area contributed by atoms with Crippen molar-refractivity contribution in [2.45, 2.75) is 13.3 Å². The minimum absolute atomic E-state index is 0.0189. The van der Waals surface area contributed by atoms with Crippen LogP contribution in [0.2, 0.25) is 0 Å². The highest BCUT2D eigenvalue weighted by atomic mass is 19.1. The van der Waals surface area contributed by atoms with Crippen LogP contribution in [0.4, 0.5) is 15.9 Å². The van der Waals surface area contributed by atoms with Gasteiger partial charge in [0, 0.05) is 50.9 Å². The lowest BCUT2D eigenvalue weighted by Crippen LogP contribution is -2.51. The van der Waals surface area contributed by atoms with E-state index in [0.29, 0.717) is 55.9 Å². The molecule has 5 rings (SSSR count). The lowest BCUT2D eigenvalue weighted by molar-refractivity contribution is -0.136. The second kappa shape index (κ2) is 9.69. The van der Waals surface area contributed by atoms with Gasteiger partial charge in [-0.1, -0.05) is 18.2 Å². The molecule has 9 heteroatoms. The second-order valence-electron chi connectivity index (χ2n) is 8.72. The van der Waals surface area contributed by atoms with Crippen molar-refractivity contribution in [2.24, 2.45) is 5.92 Å². The number of para-hydroxylation sites is 1. The largest absolute Gasteiger partial charge is 0.439 e. The van der Waals surface area contributed by atoms with E-state index < -0.39 is 5.92 Å². The van der Waals surface area contributed by atoms with E-state index in [2.05, 4.69) is 14.9 Å². The number of carbonyl (C=O) groups is 2. The van der Waals surface area contributed by atoms with Crippen LogP contribution in [0, 0.1) is 18.7 Å². The Balaban J connectivity index is 1.20. The summed E-state index contributed by atoms with van der Waals surface area (Å²) in [6, 6.07) is 17.0. The number of halogens is 1. The third-order valence-corrected chi connectivity index (χ3v) is 6.29. The Morgan fingerprint density at radius 3 is 2.43 bits per heavy atom. The first kappa shape index (κ1) is 22.8. The SMILES string of the molecule is Cc1nc(Oc2ccccc2)cc(N2CCN(C(=O)C3CC(=O)N(c4ccc(F)cc4)C3)CC2)n1. The number of amides is 2. The molecule has 1 unspecified atom stereocenters. The van der Waals surface area contributed by atoms with Gasteiger partial charge in [-0.3, -0.25) is 9.59 Å². The minimum atomic E-state index is -0.397. The summed E-state index contributed by atoms with van der Waals surface area (Å²) < 4.78 is 19.1. The van der Waals surface area contributed by atoms with Gasteiger partial charge in [0.1, 0.15) is 23.2 Å². The fraction of sp³-hybridized carbons (Fsp3) is 0.308.